The van der Waals surface area contributed by atoms with Gasteiger partial charge in [-0.15, -0.1) is 11.6 Å². The van der Waals surface area contributed by atoms with Gasteiger partial charge in [0, 0.05) is 57.0 Å². The van der Waals surface area contributed by atoms with Gasteiger partial charge in [0.2, 0.25) is 5.70 Å². The molecule has 0 spiro atoms. The molecule has 4 rings (SSSR count). The van der Waals surface area contributed by atoms with Gasteiger partial charge in [0.05, 0.1) is 27.9 Å². The van der Waals surface area contributed by atoms with Gasteiger partial charge >= 0.3 is 5.91 Å². The Bertz CT molecular complexity index is 1910. The van der Waals surface area contributed by atoms with E-state index in [1.54, 1.807) is 62.5 Å². The van der Waals surface area contributed by atoms with Gasteiger partial charge in [-0.3, -0.25) is 24.6 Å². The van der Waals surface area contributed by atoms with Gasteiger partial charge in [-0.2, -0.15) is 10.0 Å². The average Bonchev–Trinajstić information content (AvgIpc) is 3.66. The fourth-order valence-corrected chi connectivity index (χ4v) is 6.50. The van der Waals surface area contributed by atoms with Gasteiger partial charge in [-0.25, -0.2) is 8.42 Å². The lowest BCUT2D eigenvalue weighted by Gasteiger charge is -2.25. The Balaban J connectivity index is 1.48. The Morgan fingerprint density at radius 1 is 0.979 bits per heavy atom. The van der Waals surface area contributed by atoms with Crippen LogP contribution in [-0.4, -0.2) is 77.3 Å². The number of carbonyl (C=O) groups excluding carboxylic acids is 4. The number of likely N-dealkylation sites (N-methyl/N-ethyl adjacent to an activating group) is 1. The summed E-state index contributed by atoms with van der Waals surface area (Å²) < 4.78 is 27.4. The van der Waals surface area contributed by atoms with Crippen LogP contribution in [0.2, 0.25) is 0 Å². The van der Waals surface area contributed by atoms with Gasteiger partial charge in [0.15, 0.2) is 9.84 Å². The van der Waals surface area contributed by atoms with Crippen molar-refractivity contribution in [3.8, 4) is 0 Å². The number of anilines is 2. The van der Waals surface area contributed by atoms with Crippen molar-refractivity contribution in [2.75, 3.05) is 35.9 Å². The number of alkyl halides is 1. The summed E-state index contributed by atoms with van der Waals surface area (Å²) in [4.78, 5) is 50.7. The molecule has 0 bridgehead atoms. The molecule has 47 heavy (non-hydrogen) atoms. The number of halogens is 1. The predicted octanol–water partition coefficient (Wildman–Crippen LogP) is 1.67. The summed E-state index contributed by atoms with van der Waals surface area (Å²) in [5.41, 5.74) is 10.4. The number of nitrogens with two attached hydrogens (primary N) is 1. The average molecular weight is 685 g/mol. The molecule has 1 aliphatic rings. The number of quaternary nitrogens is 1. The highest BCUT2D eigenvalue weighted by Gasteiger charge is 2.38. The number of nitrogens with zero attached hydrogens (tertiary/aromatic N) is 3. The smallest absolute Gasteiger partial charge is 0.312 e. The Morgan fingerprint density at radius 2 is 1.55 bits per heavy atom. The third-order valence-electron chi connectivity index (χ3n) is 7.31. The second-order valence-corrected chi connectivity index (χ2v) is 13.3. The number of hydrogen-bond acceptors (Lipinski definition) is 7. The summed E-state index contributed by atoms with van der Waals surface area (Å²) in [6.07, 6.45) is 7.00. The van der Waals surface area contributed by atoms with E-state index in [0.717, 1.165) is 0 Å². The number of allylic oxidation sites excluding steroid dienone is 2. The monoisotopic (exact) mass is 684 g/mol. The van der Waals surface area contributed by atoms with Crippen molar-refractivity contribution in [3.63, 3.8) is 0 Å². The van der Waals surface area contributed by atoms with E-state index < -0.39 is 27.6 Å². The van der Waals surface area contributed by atoms with Crippen molar-refractivity contribution < 1.29 is 32.2 Å². The zero-order valence-electron chi connectivity index (χ0n) is 25.8. The minimum atomic E-state index is -3.53. The molecule has 2 aromatic heterocycles. The SMILES string of the molecule is Cn1cc(NC(=O)c2cc(NC(=O)C3=CC(c4ccc(S(=O)(=O)CCCl)cc4)=C[N+]3(C)NC=O)cn2C)cc1C(=O)NCCC(=N)N. The molecule has 1 aromatic carbocycles. The van der Waals surface area contributed by atoms with E-state index >= 15 is 0 Å². The number of aryl methyl sites for hydroxylation is 2. The van der Waals surface area contributed by atoms with Gasteiger partial charge in [0.1, 0.15) is 24.6 Å². The standard InChI is InChI=1S/C30H34ClN9O6S/c1-38-15-21(13-24(38)28(42)34-10-8-27(32)33)36-29(43)25-14-22(16-39(25)2)37-30(44)26-12-20(17-40(26,3)35-18-41)19-4-6-23(7-5-19)47(45,46)11-9-31/h4-7,12-18H,8-11H2,1-3H3,(H6-,32,33,34,35,36,37,41,42,43,44)/p+1. The predicted molar refractivity (Wildman–Crippen MR) is 177 cm³/mol. The molecule has 1 unspecified atom stereocenters. The van der Waals surface area contributed by atoms with Gasteiger partial charge in [0.25, 0.3) is 18.2 Å². The summed E-state index contributed by atoms with van der Waals surface area (Å²) >= 11 is 5.62. The molecule has 17 heteroatoms. The van der Waals surface area contributed by atoms with E-state index in [1.165, 1.54) is 28.8 Å². The molecule has 0 fully saturated rings. The van der Waals surface area contributed by atoms with Crippen LogP contribution in [0.5, 0.6) is 0 Å². The molecule has 0 saturated carbocycles. The van der Waals surface area contributed by atoms with Crippen LogP contribution < -0.4 is 27.1 Å². The Kier molecular flexibility index (Phi) is 10.4. The van der Waals surface area contributed by atoms with Gasteiger partial charge < -0.3 is 30.8 Å². The molecular formula is C30H35ClN9O6S+. The van der Waals surface area contributed by atoms with E-state index in [-0.39, 0.29) is 51.3 Å². The molecule has 3 heterocycles. The molecule has 0 aliphatic carbocycles. The van der Waals surface area contributed by atoms with Crippen molar-refractivity contribution in [1.29, 1.82) is 5.41 Å². The first-order chi connectivity index (χ1) is 22.2. The van der Waals surface area contributed by atoms with E-state index in [4.69, 9.17) is 22.7 Å². The number of benzene rings is 1. The number of amidine groups is 1. The summed E-state index contributed by atoms with van der Waals surface area (Å²) in [5, 5.41) is 15.4. The van der Waals surface area contributed by atoms with Crippen LogP contribution in [0.4, 0.5) is 11.4 Å². The molecule has 0 radical (unpaired) electrons. The lowest BCUT2D eigenvalue weighted by atomic mass is 10.1. The number of hydrogen-bond donors (Lipinski definition) is 6. The van der Waals surface area contributed by atoms with E-state index in [1.807, 2.05) is 0 Å². The Hall–Kier alpha value is -5.19. The zero-order chi connectivity index (χ0) is 34.5. The van der Waals surface area contributed by atoms with Crippen molar-refractivity contribution in [2.24, 2.45) is 19.8 Å². The Labute approximate surface area is 276 Å². The molecule has 248 valence electrons. The second-order valence-electron chi connectivity index (χ2n) is 10.9. The van der Waals surface area contributed by atoms with Crippen LogP contribution in [0, 0.1) is 5.41 Å². The first-order valence-electron chi connectivity index (χ1n) is 14.2. The zero-order valence-corrected chi connectivity index (χ0v) is 27.4. The van der Waals surface area contributed by atoms with Crippen molar-refractivity contribution >= 4 is 68.4 Å². The van der Waals surface area contributed by atoms with Crippen LogP contribution in [0.25, 0.3) is 5.57 Å². The van der Waals surface area contributed by atoms with Crippen LogP contribution in [0.15, 0.2) is 71.7 Å². The van der Waals surface area contributed by atoms with Crippen LogP contribution >= 0.6 is 11.6 Å². The summed E-state index contributed by atoms with van der Waals surface area (Å²) in [6, 6.07) is 9.12. The molecule has 1 aliphatic heterocycles. The fourth-order valence-electron chi connectivity index (χ4n) is 4.90. The highest BCUT2D eigenvalue weighted by Crippen LogP contribution is 2.32. The topological polar surface area (TPSA) is 210 Å². The van der Waals surface area contributed by atoms with E-state index in [9.17, 15) is 27.6 Å². The number of carbonyl (C=O) groups is 4. The summed E-state index contributed by atoms with van der Waals surface area (Å²) in [6.45, 7) is 0.200. The van der Waals surface area contributed by atoms with Crippen molar-refractivity contribution in [2.45, 2.75) is 11.3 Å². The number of nitrogens with one attached hydrogen (secondary N) is 5. The second kappa shape index (κ2) is 14.1. The highest BCUT2D eigenvalue weighted by atomic mass is 35.5. The maximum atomic E-state index is 13.5. The largest absolute Gasteiger partial charge is 0.388 e. The molecule has 15 nitrogen and oxygen atoms in total. The van der Waals surface area contributed by atoms with Gasteiger partial charge in [-0.05, 0) is 29.8 Å². The van der Waals surface area contributed by atoms with E-state index in [2.05, 4.69) is 21.4 Å². The van der Waals surface area contributed by atoms with Crippen LogP contribution in [0.1, 0.15) is 33.0 Å². The quantitative estimate of drug-likeness (QED) is 0.0486. The third-order valence-corrected chi connectivity index (χ3v) is 9.45. The highest BCUT2D eigenvalue weighted by molar-refractivity contribution is 7.91. The maximum Gasteiger partial charge on any atom is 0.312 e. The van der Waals surface area contributed by atoms with Crippen LogP contribution in [-0.2, 0) is 33.5 Å². The molecule has 3 aromatic rings. The Morgan fingerprint density at radius 3 is 2.11 bits per heavy atom. The molecule has 4 amide bonds. The molecule has 0 saturated heterocycles. The van der Waals surface area contributed by atoms with Crippen molar-refractivity contribution in [3.05, 3.63) is 83.7 Å². The number of amides is 4. The van der Waals surface area contributed by atoms with Gasteiger partial charge in [-0.1, -0.05) is 12.1 Å². The maximum absolute atomic E-state index is 13.5. The number of aromatic nitrogens is 2. The first kappa shape index (κ1) is 34.7. The van der Waals surface area contributed by atoms with Crippen molar-refractivity contribution in [1.82, 2.24) is 19.9 Å². The fraction of sp³-hybridized carbons (Fsp3) is 0.233. The molecule has 1 atom stereocenters. The minimum Gasteiger partial charge on any atom is -0.388 e. The molecule has 7 N–H and O–H groups in total. The summed E-state index contributed by atoms with van der Waals surface area (Å²) in [7, 11) is 1.34. The normalized spacial score (nSPS) is 15.7. The van der Waals surface area contributed by atoms with Crippen LogP contribution in [0.3, 0.4) is 0 Å². The summed E-state index contributed by atoms with van der Waals surface area (Å²) in [5.74, 6) is -1.72. The third kappa shape index (κ3) is 7.97. The lowest BCUT2D eigenvalue weighted by Crippen LogP contribution is -2.50. The molecular weight excluding hydrogens is 650 g/mol. The minimum absolute atomic E-state index is 0.0318. The number of sulfone groups is 1. The number of rotatable bonds is 14. The lowest BCUT2D eigenvalue weighted by molar-refractivity contribution is -0.849. The first-order valence-corrected chi connectivity index (χ1v) is 16.3. The van der Waals surface area contributed by atoms with E-state index in [0.29, 0.717) is 34.6 Å².